The van der Waals surface area contributed by atoms with Gasteiger partial charge in [0.15, 0.2) is 7.28 Å². The van der Waals surface area contributed by atoms with E-state index in [0.29, 0.717) is 0 Å². The Bertz CT molecular complexity index is 3300. The van der Waals surface area contributed by atoms with Crippen LogP contribution < -0.4 is 21.1 Å². The molecule has 1 spiro atoms. The van der Waals surface area contributed by atoms with E-state index in [1.165, 1.54) is 130 Å². The molecule has 0 aromatic heterocycles. The van der Waals surface area contributed by atoms with Gasteiger partial charge in [0, 0.05) is 33.6 Å². The summed E-state index contributed by atoms with van der Waals surface area (Å²) in [5.41, 5.74) is 29.0. The van der Waals surface area contributed by atoms with Gasteiger partial charge in [-0.15, -0.1) is 0 Å². The molecule has 0 bridgehead atoms. The molecule has 8 aromatic carbocycles. The lowest BCUT2D eigenvalue weighted by atomic mass is 9.54. The summed E-state index contributed by atoms with van der Waals surface area (Å²) in [4.78, 5) is 2.64. The zero-order valence-electron chi connectivity index (χ0n) is 38.1. The van der Waals surface area contributed by atoms with Crippen LogP contribution in [0.4, 0.5) is 28.4 Å². The fourth-order valence-electron chi connectivity index (χ4n) is 13.2. The lowest BCUT2D eigenvalue weighted by Crippen LogP contribution is -2.47. The van der Waals surface area contributed by atoms with Crippen molar-refractivity contribution >= 4 is 46.6 Å². The van der Waals surface area contributed by atoms with E-state index in [-0.39, 0.29) is 16.2 Å². The minimum Gasteiger partial charge on any atom is -0.354 e. The van der Waals surface area contributed by atoms with Crippen LogP contribution in [0, 0.1) is 6.92 Å². The first-order valence-corrected chi connectivity index (χ1v) is 23.4. The van der Waals surface area contributed by atoms with Crippen LogP contribution in [0.5, 0.6) is 0 Å². The van der Waals surface area contributed by atoms with Crippen molar-refractivity contribution < 1.29 is 0 Å². The van der Waals surface area contributed by atoms with Crippen LogP contribution in [0.3, 0.4) is 0 Å². The molecule has 0 saturated carbocycles. The molecule has 0 amide bonds. The fraction of sp³-hybridized carbons (Fsp3) is 0.213. The van der Waals surface area contributed by atoms with Gasteiger partial charge in [0.25, 0.3) is 0 Å². The molecule has 8 aromatic rings. The maximum Gasteiger partial charge on any atom is 0.198 e. The standard InChI is InChI=1S/C61H53BN2/c1-36-33-42(40-28-30-48-54(41-19-10-11-20-43(41)60(48,6)7)56(40)63-37-27-29-46-50(35-37)59(4,5)32-31-58(46,2)3)55-53(34-36)64-52-26-15-14-23-47(52)61(49-24-16-25-51(62-55)57(49)64)44-21-12-8-17-38(44)39-18-9-13-22-45(39)61/h8-30,33-35,62-63H,31-32H2,1-7H3. The lowest BCUT2D eigenvalue weighted by Gasteiger charge is -2.48. The molecule has 13 rings (SSSR count). The molecule has 0 unspecified atom stereocenters. The highest BCUT2D eigenvalue weighted by Gasteiger charge is 2.53. The van der Waals surface area contributed by atoms with E-state index in [1.54, 1.807) is 0 Å². The average molecular weight is 825 g/mol. The first-order valence-electron chi connectivity index (χ1n) is 23.4. The molecule has 64 heavy (non-hydrogen) atoms. The van der Waals surface area contributed by atoms with Crippen LogP contribution in [0.1, 0.15) is 104 Å². The number of fused-ring (bicyclic) bond motifs is 15. The lowest BCUT2D eigenvalue weighted by molar-refractivity contribution is 0.332. The van der Waals surface area contributed by atoms with Gasteiger partial charge in [0.05, 0.1) is 16.8 Å². The highest BCUT2D eigenvalue weighted by Crippen LogP contribution is 2.64. The van der Waals surface area contributed by atoms with Crippen molar-refractivity contribution in [3.05, 3.63) is 208 Å². The van der Waals surface area contributed by atoms with Gasteiger partial charge in [-0.05, 0) is 133 Å². The van der Waals surface area contributed by atoms with Crippen molar-refractivity contribution in [1.29, 1.82) is 0 Å². The molecule has 0 fully saturated rings. The number of benzene rings is 8. The van der Waals surface area contributed by atoms with Gasteiger partial charge in [-0.2, -0.15) is 0 Å². The van der Waals surface area contributed by atoms with E-state index in [9.17, 15) is 0 Å². The predicted molar refractivity (Wildman–Crippen MR) is 271 cm³/mol. The third kappa shape index (κ3) is 4.83. The summed E-state index contributed by atoms with van der Waals surface area (Å²) >= 11 is 0. The molecular weight excluding hydrogens is 771 g/mol. The molecule has 2 nitrogen and oxygen atoms in total. The highest BCUT2D eigenvalue weighted by molar-refractivity contribution is 6.73. The highest BCUT2D eigenvalue weighted by atomic mass is 15.2. The van der Waals surface area contributed by atoms with Crippen molar-refractivity contribution in [3.63, 3.8) is 0 Å². The van der Waals surface area contributed by atoms with Crippen molar-refractivity contribution in [3.8, 4) is 33.4 Å². The number of nitrogens with zero attached hydrogens (tertiary/aromatic N) is 1. The Morgan fingerprint density at radius 1 is 0.469 bits per heavy atom. The minimum absolute atomic E-state index is 0.104. The predicted octanol–water partition coefficient (Wildman–Crippen LogP) is 13.9. The topological polar surface area (TPSA) is 15.3 Å². The van der Waals surface area contributed by atoms with Crippen molar-refractivity contribution in [2.75, 3.05) is 10.2 Å². The summed E-state index contributed by atoms with van der Waals surface area (Å²) in [5.74, 6) is 0. The van der Waals surface area contributed by atoms with E-state index in [1.807, 2.05) is 0 Å². The largest absolute Gasteiger partial charge is 0.354 e. The minimum atomic E-state index is -0.425. The molecule has 3 heteroatoms. The van der Waals surface area contributed by atoms with E-state index >= 15 is 0 Å². The molecule has 5 aliphatic rings. The van der Waals surface area contributed by atoms with Gasteiger partial charge in [-0.25, -0.2) is 0 Å². The summed E-state index contributed by atoms with van der Waals surface area (Å²) in [6, 6.07) is 60.8. The Labute approximate surface area is 379 Å². The molecule has 0 radical (unpaired) electrons. The number of rotatable bonds is 3. The molecule has 310 valence electrons. The van der Waals surface area contributed by atoms with Gasteiger partial charge >= 0.3 is 0 Å². The molecule has 1 N–H and O–H groups in total. The van der Waals surface area contributed by atoms with Gasteiger partial charge in [-0.3, -0.25) is 0 Å². The molecule has 0 saturated heterocycles. The van der Waals surface area contributed by atoms with E-state index < -0.39 is 5.41 Å². The molecule has 3 aliphatic carbocycles. The monoisotopic (exact) mass is 824 g/mol. The van der Waals surface area contributed by atoms with Crippen LogP contribution in [-0.2, 0) is 21.7 Å². The van der Waals surface area contributed by atoms with E-state index in [4.69, 9.17) is 0 Å². The van der Waals surface area contributed by atoms with Crippen molar-refractivity contribution in [1.82, 2.24) is 0 Å². The van der Waals surface area contributed by atoms with Crippen molar-refractivity contribution in [2.24, 2.45) is 0 Å². The Hall–Kier alpha value is -6.58. The Morgan fingerprint density at radius 3 is 1.81 bits per heavy atom. The zero-order valence-corrected chi connectivity index (χ0v) is 38.1. The first kappa shape index (κ1) is 37.9. The normalized spacial score (nSPS) is 17.5. The number of nitrogens with one attached hydrogen (secondary N) is 1. The van der Waals surface area contributed by atoms with Gasteiger partial charge in [0.1, 0.15) is 0 Å². The quantitative estimate of drug-likeness (QED) is 0.179. The van der Waals surface area contributed by atoms with Crippen LogP contribution in [0.25, 0.3) is 33.4 Å². The Morgan fingerprint density at radius 2 is 1.08 bits per heavy atom. The summed E-state index contributed by atoms with van der Waals surface area (Å²) < 4.78 is 0. The van der Waals surface area contributed by atoms with Crippen LogP contribution in [0.2, 0.25) is 0 Å². The van der Waals surface area contributed by atoms with Gasteiger partial charge in [-0.1, -0.05) is 180 Å². The Balaban J connectivity index is 1.06. The third-order valence-electron chi connectivity index (χ3n) is 16.4. The van der Waals surface area contributed by atoms with E-state index in [0.717, 1.165) is 13.0 Å². The van der Waals surface area contributed by atoms with Crippen LogP contribution in [-0.4, -0.2) is 7.28 Å². The fourth-order valence-corrected chi connectivity index (χ4v) is 13.2. The third-order valence-corrected chi connectivity index (χ3v) is 16.4. The van der Waals surface area contributed by atoms with Gasteiger partial charge in [0.2, 0.25) is 0 Å². The first-order chi connectivity index (χ1) is 30.9. The van der Waals surface area contributed by atoms with Crippen molar-refractivity contribution in [2.45, 2.75) is 83.0 Å². The zero-order chi connectivity index (χ0) is 43.5. The Kier molecular flexibility index (Phi) is 7.58. The maximum absolute atomic E-state index is 4.21. The summed E-state index contributed by atoms with van der Waals surface area (Å²) in [7, 11) is 0.840. The summed E-state index contributed by atoms with van der Waals surface area (Å²) in [5, 5.41) is 4.21. The number of aryl methyl sites for hydroxylation is 1. The maximum atomic E-state index is 4.21. The number of anilines is 5. The SMILES string of the molecule is Cc1cc(-c2ccc3c(c2Nc2ccc4c(c2)C(C)(C)CCC4(C)C)-c2ccccc2C3(C)C)c2c(c1)N1c3ccccc3C3(c4ccccc4-c4ccccc43)c3cccc(c31)B2. The molecule has 2 aliphatic heterocycles. The average Bonchev–Trinajstić information content (AvgIpc) is 3.72. The second-order valence-corrected chi connectivity index (χ2v) is 21.2. The van der Waals surface area contributed by atoms with Gasteiger partial charge < -0.3 is 10.2 Å². The molecule has 0 atom stereocenters. The smallest absolute Gasteiger partial charge is 0.198 e. The van der Waals surface area contributed by atoms with Crippen LogP contribution >= 0.6 is 0 Å². The molecular formula is C61H53BN2. The summed E-state index contributed by atoms with van der Waals surface area (Å²) in [6.45, 7) is 16.8. The molecule has 2 heterocycles. The van der Waals surface area contributed by atoms with Crippen LogP contribution in [0.15, 0.2) is 158 Å². The second-order valence-electron chi connectivity index (χ2n) is 21.2. The summed E-state index contributed by atoms with van der Waals surface area (Å²) in [6.07, 6.45) is 2.39. The van der Waals surface area contributed by atoms with E-state index in [2.05, 4.69) is 216 Å². The second kappa shape index (κ2) is 12.8. The number of hydrogen-bond donors (Lipinski definition) is 1. The number of para-hydroxylation sites is 2. The number of hydrogen-bond acceptors (Lipinski definition) is 2.